The average Bonchev–Trinajstić information content (AvgIpc) is 3.09. The molecule has 0 aliphatic heterocycles. The smallest absolute Gasteiger partial charge is 0.244 e. The number of hydrogen-bond donors (Lipinski definition) is 1. The van der Waals surface area contributed by atoms with Gasteiger partial charge in [-0.25, -0.2) is 0 Å². The third-order valence-electron chi connectivity index (χ3n) is 2.60. The Bertz CT molecular complexity index is 578. The van der Waals surface area contributed by atoms with Crippen molar-refractivity contribution in [1.29, 1.82) is 0 Å². The third kappa shape index (κ3) is 4.45. The van der Waals surface area contributed by atoms with E-state index >= 15 is 0 Å². The van der Waals surface area contributed by atoms with E-state index in [0.29, 0.717) is 10.9 Å². The minimum atomic E-state index is -0.174. The van der Waals surface area contributed by atoms with Crippen LogP contribution in [0.5, 0.6) is 0 Å². The molecule has 1 amide bonds. The second-order valence-electron chi connectivity index (χ2n) is 3.96. The summed E-state index contributed by atoms with van der Waals surface area (Å²) in [4.78, 5) is 13.8. The van der Waals surface area contributed by atoms with Crippen molar-refractivity contribution >= 4 is 46.3 Å². The summed E-state index contributed by atoms with van der Waals surface area (Å²) in [5.74, 6) is -0.136. The monoisotopic (exact) mass is 327 g/mol. The van der Waals surface area contributed by atoms with E-state index in [0.717, 1.165) is 9.75 Å². The first-order valence-corrected chi connectivity index (χ1v) is 8.04. The fourth-order valence-electron chi connectivity index (χ4n) is 1.60. The van der Waals surface area contributed by atoms with E-state index in [1.807, 2.05) is 29.6 Å². The molecule has 2 heterocycles. The topological polar surface area (TPSA) is 38.3 Å². The van der Waals surface area contributed by atoms with Crippen molar-refractivity contribution in [1.82, 2.24) is 5.32 Å². The van der Waals surface area contributed by atoms with Gasteiger partial charge in [-0.1, -0.05) is 17.7 Å². The van der Waals surface area contributed by atoms with Crippen molar-refractivity contribution in [3.8, 4) is 0 Å². The van der Waals surface area contributed by atoms with Gasteiger partial charge in [0.05, 0.1) is 4.34 Å². The maximum absolute atomic E-state index is 11.7. The molecule has 0 aliphatic carbocycles. The van der Waals surface area contributed by atoms with Crippen molar-refractivity contribution in [2.24, 2.45) is 0 Å². The van der Waals surface area contributed by atoms with Gasteiger partial charge in [0, 0.05) is 29.5 Å². The van der Waals surface area contributed by atoms with Crippen LogP contribution in [0.1, 0.15) is 15.9 Å². The number of hydrogen-bond acceptors (Lipinski definition) is 4. The molecule has 0 saturated carbocycles. The number of rotatable bonds is 6. The Labute approximate surface area is 130 Å². The lowest BCUT2D eigenvalue weighted by Crippen LogP contribution is -2.27. The van der Waals surface area contributed by atoms with Crippen molar-refractivity contribution in [2.45, 2.75) is 6.10 Å². The summed E-state index contributed by atoms with van der Waals surface area (Å²) in [6, 6.07) is 7.64. The molecule has 6 heteroatoms. The van der Waals surface area contributed by atoms with Gasteiger partial charge in [-0.3, -0.25) is 4.79 Å². The Morgan fingerprint density at radius 3 is 2.95 bits per heavy atom. The van der Waals surface area contributed by atoms with Gasteiger partial charge in [0.15, 0.2) is 0 Å². The Hall–Kier alpha value is -1.14. The molecule has 0 aliphatic rings. The number of carbonyl (C=O) groups is 1. The highest BCUT2D eigenvalue weighted by atomic mass is 35.5. The first kappa shape index (κ1) is 15.3. The van der Waals surface area contributed by atoms with E-state index in [-0.39, 0.29) is 12.0 Å². The summed E-state index contributed by atoms with van der Waals surface area (Å²) in [6.07, 6.45) is 3.15. The molecule has 0 saturated heterocycles. The van der Waals surface area contributed by atoms with Crippen LogP contribution in [0.2, 0.25) is 4.34 Å². The summed E-state index contributed by atoms with van der Waals surface area (Å²) in [7, 11) is 1.62. The fourth-order valence-corrected chi connectivity index (χ4v) is 3.35. The van der Waals surface area contributed by atoms with Crippen LogP contribution in [0.3, 0.4) is 0 Å². The average molecular weight is 328 g/mol. The lowest BCUT2D eigenvalue weighted by atomic mass is 10.3. The maximum Gasteiger partial charge on any atom is 0.244 e. The highest BCUT2D eigenvalue weighted by Crippen LogP contribution is 2.28. The van der Waals surface area contributed by atoms with Crippen LogP contribution < -0.4 is 5.32 Å². The van der Waals surface area contributed by atoms with Gasteiger partial charge in [-0.05, 0) is 29.7 Å². The highest BCUT2D eigenvalue weighted by Gasteiger charge is 2.13. The predicted octanol–water partition coefficient (Wildman–Crippen LogP) is 3.98. The van der Waals surface area contributed by atoms with Crippen molar-refractivity contribution in [2.75, 3.05) is 13.7 Å². The summed E-state index contributed by atoms with van der Waals surface area (Å²) < 4.78 is 6.08. The van der Waals surface area contributed by atoms with Crippen LogP contribution in [0.4, 0.5) is 0 Å². The number of halogens is 1. The normalized spacial score (nSPS) is 12.7. The first-order valence-electron chi connectivity index (χ1n) is 5.96. The highest BCUT2D eigenvalue weighted by molar-refractivity contribution is 7.16. The van der Waals surface area contributed by atoms with Gasteiger partial charge >= 0.3 is 0 Å². The van der Waals surface area contributed by atoms with Crippen LogP contribution in [-0.4, -0.2) is 19.6 Å². The quantitative estimate of drug-likeness (QED) is 0.815. The van der Waals surface area contributed by atoms with Gasteiger partial charge in [0.1, 0.15) is 6.10 Å². The molecule has 0 unspecified atom stereocenters. The molecule has 2 aromatic heterocycles. The Kier molecular flexibility index (Phi) is 5.79. The second kappa shape index (κ2) is 7.59. The zero-order valence-electron chi connectivity index (χ0n) is 10.8. The molecule has 0 aromatic carbocycles. The van der Waals surface area contributed by atoms with Gasteiger partial charge in [0.2, 0.25) is 5.91 Å². The molecule has 0 fully saturated rings. The molecule has 2 aromatic rings. The van der Waals surface area contributed by atoms with E-state index in [1.165, 1.54) is 17.4 Å². The summed E-state index contributed by atoms with van der Waals surface area (Å²) >= 11 is 8.94. The molecule has 20 heavy (non-hydrogen) atoms. The first-order chi connectivity index (χ1) is 9.69. The molecular weight excluding hydrogens is 314 g/mol. The van der Waals surface area contributed by atoms with Crippen molar-refractivity contribution < 1.29 is 9.53 Å². The number of amides is 1. The largest absolute Gasteiger partial charge is 0.374 e. The fraction of sp³-hybridized carbons (Fsp3) is 0.214. The lowest BCUT2D eigenvalue weighted by molar-refractivity contribution is -0.117. The zero-order chi connectivity index (χ0) is 14.4. The van der Waals surface area contributed by atoms with Crippen LogP contribution in [0, 0.1) is 0 Å². The van der Waals surface area contributed by atoms with Crippen molar-refractivity contribution in [3.63, 3.8) is 0 Å². The van der Waals surface area contributed by atoms with E-state index in [1.54, 1.807) is 24.5 Å². The van der Waals surface area contributed by atoms with Crippen molar-refractivity contribution in [3.05, 3.63) is 49.8 Å². The maximum atomic E-state index is 11.7. The predicted molar refractivity (Wildman–Crippen MR) is 85.4 cm³/mol. The summed E-state index contributed by atoms with van der Waals surface area (Å²) in [5, 5.41) is 4.79. The van der Waals surface area contributed by atoms with Gasteiger partial charge in [-0.15, -0.1) is 22.7 Å². The second-order valence-corrected chi connectivity index (χ2v) is 6.69. The van der Waals surface area contributed by atoms with E-state index < -0.39 is 0 Å². The van der Waals surface area contributed by atoms with Crippen LogP contribution in [0.25, 0.3) is 6.08 Å². The molecular formula is C14H14ClNO2S2. The number of ether oxygens (including phenoxy) is 1. The lowest BCUT2D eigenvalue weighted by Gasteiger charge is -2.13. The van der Waals surface area contributed by atoms with Crippen LogP contribution >= 0.6 is 34.3 Å². The van der Waals surface area contributed by atoms with Gasteiger partial charge in [0.25, 0.3) is 0 Å². The molecule has 1 N–H and O–H groups in total. The summed E-state index contributed by atoms with van der Waals surface area (Å²) in [6.45, 7) is 0.418. The van der Waals surface area contributed by atoms with Crippen LogP contribution in [0.15, 0.2) is 35.7 Å². The SMILES string of the molecule is CO[C@H](CNC(=O)/C=C/c1cccs1)c1ccc(Cl)s1. The summed E-state index contributed by atoms with van der Waals surface area (Å²) in [5.41, 5.74) is 0. The third-order valence-corrected chi connectivity index (χ3v) is 4.76. The van der Waals surface area contributed by atoms with E-state index in [9.17, 15) is 4.79 Å². The molecule has 106 valence electrons. The standard InChI is InChI=1S/C14H14ClNO2S2/c1-18-11(12-5-6-13(15)20-12)9-16-14(17)7-4-10-3-2-8-19-10/h2-8,11H,9H2,1H3,(H,16,17)/b7-4+/t11-/m1/s1. The number of carbonyl (C=O) groups excluding carboxylic acids is 1. The minimum Gasteiger partial charge on any atom is -0.374 e. The molecule has 0 bridgehead atoms. The molecule has 0 spiro atoms. The van der Waals surface area contributed by atoms with Crippen LogP contribution in [-0.2, 0) is 9.53 Å². The van der Waals surface area contributed by atoms with Gasteiger partial charge < -0.3 is 10.1 Å². The molecule has 1 atom stereocenters. The molecule has 2 rings (SSSR count). The van der Waals surface area contributed by atoms with Gasteiger partial charge in [-0.2, -0.15) is 0 Å². The molecule has 0 radical (unpaired) electrons. The Morgan fingerprint density at radius 1 is 1.50 bits per heavy atom. The zero-order valence-corrected chi connectivity index (χ0v) is 13.2. The van der Waals surface area contributed by atoms with E-state index in [2.05, 4.69) is 5.32 Å². The minimum absolute atomic E-state index is 0.136. The number of nitrogens with one attached hydrogen (secondary N) is 1. The molecule has 3 nitrogen and oxygen atoms in total. The Balaban J connectivity index is 1.85. The number of thiophene rings is 2. The van der Waals surface area contributed by atoms with E-state index in [4.69, 9.17) is 16.3 Å². The number of methoxy groups -OCH3 is 1. The Morgan fingerprint density at radius 2 is 2.35 bits per heavy atom.